The molecule has 2 nitrogen and oxygen atoms in total. The fourth-order valence-electron chi connectivity index (χ4n) is 1.37. The van der Waals surface area contributed by atoms with Gasteiger partial charge in [0.1, 0.15) is 5.69 Å². The lowest BCUT2D eigenvalue weighted by Crippen LogP contribution is -2.08. The average Bonchev–Trinajstić information content (AvgIpc) is 2.40. The third-order valence-electron chi connectivity index (χ3n) is 2.31. The summed E-state index contributed by atoms with van der Waals surface area (Å²) in [5.41, 5.74) is -1.04. The minimum atomic E-state index is -4.57. The van der Waals surface area contributed by atoms with Gasteiger partial charge in [0, 0.05) is 17.5 Å². The van der Waals surface area contributed by atoms with E-state index in [1.807, 2.05) is 0 Å². The molecule has 20 heavy (non-hydrogen) atoms. The monoisotopic (exact) mass is 306 g/mol. The van der Waals surface area contributed by atoms with Crippen molar-refractivity contribution < 1.29 is 22.0 Å². The molecule has 8 heteroatoms. The topological polar surface area (TPSA) is 25.8 Å². The van der Waals surface area contributed by atoms with E-state index in [0.29, 0.717) is 0 Å². The van der Waals surface area contributed by atoms with Crippen LogP contribution in [0.3, 0.4) is 0 Å². The minimum absolute atomic E-state index is 0.0380. The van der Waals surface area contributed by atoms with Gasteiger partial charge in [0.15, 0.2) is 16.8 Å². The molecule has 1 aromatic carbocycles. The summed E-state index contributed by atoms with van der Waals surface area (Å²) in [6.07, 6.45) is -3.59. The molecule has 0 amide bonds. The predicted octanol–water partition coefficient (Wildman–Crippen LogP) is 4.07. The van der Waals surface area contributed by atoms with Crippen LogP contribution in [-0.4, -0.2) is 9.97 Å². The second-order valence-electron chi connectivity index (χ2n) is 3.72. The lowest BCUT2D eigenvalue weighted by Gasteiger charge is -2.07. The van der Waals surface area contributed by atoms with Crippen LogP contribution in [0.4, 0.5) is 22.0 Å². The summed E-state index contributed by atoms with van der Waals surface area (Å²) < 4.78 is 63.6. The van der Waals surface area contributed by atoms with E-state index in [9.17, 15) is 22.0 Å². The Labute approximate surface area is 115 Å². The second kappa shape index (κ2) is 5.74. The molecule has 0 atom stereocenters. The maximum atomic E-state index is 13.4. The Balaban J connectivity index is 2.13. The van der Waals surface area contributed by atoms with Crippen molar-refractivity contribution in [3.05, 3.63) is 53.4 Å². The molecule has 0 aliphatic rings. The van der Waals surface area contributed by atoms with Crippen molar-refractivity contribution in [3.63, 3.8) is 0 Å². The highest BCUT2D eigenvalue weighted by molar-refractivity contribution is 7.98. The van der Waals surface area contributed by atoms with Crippen molar-refractivity contribution in [3.8, 4) is 0 Å². The van der Waals surface area contributed by atoms with E-state index >= 15 is 0 Å². The molecule has 1 aromatic heterocycles. The number of hydrogen-bond donors (Lipinski definition) is 0. The summed E-state index contributed by atoms with van der Waals surface area (Å²) in [6, 6.07) is 4.37. The molecule has 0 spiro atoms. The van der Waals surface area contributed by atoms with Crippen LogP contribution < -0.4 is 0 Å². The zero-order valence-electron chi connectivity index (χ0n) is 9.79. The van der Waals surface area contributed by atoms with Gasteiger partial charge in [-0.25, -0.2) is 18.7 Å². The number of halogens is 5. The van der Waals surface area contributed by atoms with Gasteiger partial charge in [0.25, 0.3) is 0 Å². The molecule has 0 saturated heterocycles. The standard InChI is InChI=1S/C12H7F5N2S/c13-8-3-1-2-7(10(8)14)6-20-11-18-5-4-9(19-11)12(15,16)17/h1-5H,6H2. The number of alkyl halides is 3. The molecule has 0 radical (unpaired) electrons. The van der Waals surface area contributed by atoms with Gasteiger partial charge in [-0.3, -0.25) is 0 Å². The molecule has 2 rings (SSSR count). The number of hydrogen-bond acceptors (Lipinski definition) is 3. The Hall–Kier alpha value is -1.70. The molecule has 0 bridgehead atoms. The van der Waals surface area contributed by atoms with Gasteiger partial charge in [0.05, 0.1) is 0 Å². The van der Waals surface area contributed by atoms with Crippen molar-refractivity contribution >= 4 is 11.8 Å². The zero-order valence-corrected chi connectivity index (χ0v) is 10.6. The summed E-state index contributed by atoms with van der Waals surface area (Å²) in [5.74, 6) is -2.09. The smallest absolute Gasteiger partial charge is 0.231 e. The highest BCUT2D eigenvalue weighted by Gasteiger charge is 2.32. The van der Waals surface area contributed by atoms with Gasteiger partial charge < -0.3 is 0 Å². The van der Waals surface area contributed by atoms with E-state index in [1.54, 1.807) is 0 Å². The summed E-state index contributed by atoms with van der Waals surface area (Å²) in [5, 5.41) is -0.150. The van der Waals surface area contributed by atoms with Crippen molar-refractivity contribution in [1.82, 2.24) is 9.97 Å². The Morgan fingerprint density at radius 3 is 2.55 bits per heavy atom. The van der Waals surface area contributed by atoms with Crippen LogP contribution in [0.15, 0.2) is 35.6 Å². The first-order valence-corrected chi connectivity index (χ1v) is 6.32. The highest BCUT2D eigenvalue weighted by atomic mass is 32.2. The molecule has 0 aliphatic carbocycles. The predicted molar refractivity (Wildman–Crippen MR) is 63.0 cm³/mol. The average molecular weight is 306 g/mol. The zero-order chi connectivity index (χ0) is 14.8. The van der Waals surface area contributed by atoms with Crippen molar-refractivity contribution in [2.45, 2.75) is 17.1 Å². The van der Waals surface area contributed by atoms with Gasteiger partial charge in [-0.05, 0) is 12.1 Å². The quantitative estimate of drug-likeness (QED) is 0.486. The molecule has 0 N–H and O–H groups in total. The first-order valence-electron chi connectivity index (χ1n) is 5.34. The largest absolute Gasteiger partial charge is 0.433 e. The molecule has 0 saturated carbocycles. The van der Waals surface area contributed by atoms with Gasteiger partial charge in [0.2, 0.25) is 0 Å². The molecule has 0 aliphatic heterocycles. The molecule has 106 valence electrons. The van der Waals surface area contributed by atoms with E-state index in [1.165, 1.54) is 12.1 Å². The number of aromatic nitrogens is 2. The first kappa shape index (κ1) is 14.7. The lowest BCUT2D eigenvalue weighted by atomic mass is 10.2. The normalized spacial score (nSPS) is 11.7. The number of benzene rings is 1. The third kappa shape index (κ3) is 3.44. The van der Waals surface area contributed by atoms with E-state index in [4.69, 9.17) is 0 Å². The summed E-state index contributed by atoms with van der Waals surface area (Å²) in [7, 11) is 0. The lowest BCUT2D eigenvalue weighted by molar-refractivity contribution is -0.141. The molecular weight excluding hydrogens is 299 g/mol. The van der Waals surface area contributed by atoms with Crippen molar-refractivity contribution in [2.75, 3.05) is 0 Å². The molecule has 0 unspecified atom stereocenters. The maximum Gasteiger partial charge on any atom is 0.433 e. The van der Waals surface area contributed by atoms with Crippen LogP contribution in [0.25, 0.3) is 0 Å². The van der Waals surface area contributed by atoms with Crippen LogP contribution >= 0.6 is 11.8 Å². The highest BCUT2D eigenvalue weighted by Crippen LogP contribution is 2.29. The Bertz CT molecular complexity index is 615. The SMILES string of the molecule is Fc1cccc(CSc2nccc(C(F)(F)F)n2)c1F. The van der Waals surface area contributed by atoms with Gasteiger partial charge in [-0.2, -0.15) is 13.2 Å². The minimum Gasteiger partial charge on any atom is -0.231 e. The number of thioether (sulfide) groups is 1. The summed E-state index contributed by atoms with van der Waals surface area (Å²) >= 11 is 0.798. The van der Waals surface area contributed by atoms with Crippen LogP contribution in [0.2, 0.25) is 0 Å². The van der Waals surface area contributed by atoms with Crippen LogP contribution in [0.1, 0.15) is 11.3 Å². The Kier molecular flexibility index (Phi) is 4.22. The van der Waals surface area contributed by atoms with Crippen LogP contribution in [0, 0.1) is 11.6 Å². The maximum absolute atomic E-state index is 13.4. The van der Waals surface area contributed by atoms with E-state index in [-0.39, 0.29) is 16.5 Å². The molecular formula is C12H7F5N2S. The second-order valence-corrected chi connectivity index (χ2v) is 4.67. The van der Waals surface area contributed by atoms with Gasteiger partial charge >= 0.3 is 6.18 Å². The van der Waals surface area contributed by atoms with Crippen molar-refractivity contribution in [2.24, 2.45) is 0 Å². The number of rotatable bonds is 3. The summed E-state index contributed by atoms with van der Waals surface area (Å²) in [4.78, 5) is 6.98. The fraction of sp³-hybridized carbons (Fsp3) is 0.167. The third-order valence-corrected chi connectivity index (χ3v) is 3.22. The van der Waals surface area contributed by atoms with Crippen molar-refractivity contribution in [1.29, 1.82) is 0 Å². The Morgan fingerprint density at radius 1 is 1.10 bits per heavy atom. The molecule has 0 fully saturated rings. The van der Waals surface area contributed by atoms with E-state index in [0.717, 1.165) is 30.1 Å². The van der Waals surface area contributed by atoms with Crippen LogP contribution in [-0.2, 0) is 11.9 Å². The first-order chi connectivity index (χ1) is 9.38. The van der Waals surface area contributed by atoms with E-state index < -0.39 is 23.5 Å². The molecule has 1 heterocycles. The van der Waals surface area contributed by atoms with Gasteiger partial charge in [-0.15, -0.1) is 0 Å². The number of nitrogens with zero attached hydrogens (tertiary/aromatic N) is 2. The van der Waals surface area contributed by atoms with Gasteiger partial charge in [-0.1, -0.05) is 23.9 Å². The summed E-state index contributed by atoms with van der Waals surface area (Å²) in [6.45, 7) is 0. The Morgan fingerprint density at radius 2 is 1.85 bits per heavy atom. The van der Waals surface area contributed by atoms with Crippen LogP contribution in [0.5, 0.6) is 0 Å². The fourth-order valence-corrected chi connectivity index (χ4v) is 2.18. The van der Waals surface area contributed by atoms with E-state index in [2.05, 4.69) is 9.97 Å². The molecule has 2 aromatic rings.